The number of rotatable bonds is 2. The Bertz CT molecular complexity index is 652. The van der Waals surface area contributed by atoms with Crippen LogP contribution in [0.15, 0.2) is 54.6 Å². The molecule has 4 rings (SSSR count). The van der Waals surface area contributed by atoms with E-state index in [1.54, 1.807) is 12.1 Å². The van der Waals surface area contributed by atoms with Crippen LogP contribution in [0.25, 0.3) is 11.1 Å². The summed E-state index contributed by atoms with van der Waals surface area (Å²) < 4.78 is 0. The lowest BCUT2D eigenvalue weighted by molar-refractivity contribution is 0.210. The van der Waals surface area contributed by atoms with Crippen molar-refractivity contribution in [3.63, 3.8) is 0 Å². The highest BCUT2D eigenvalue weighted by Crippen LogP contribution is 2.33. The summed E-state index contributed by atoms with van der Waals surface area (Å²) in [5.74, 6) is 2.13. The van der Waals surface area contributed by atoms with Crippen LogP contribution in [0.2, 0.25) is 0 Å². The average molecular weight is 324 g/mol. The molecule has 0 unspecified atom stereocenters. The quantitative estimate of drug-likeness (QED) is 0.765. The van der Waals surface area contributed by atoms with Gasteiger partial charge in [0.05, 0.1) is 5.69 Å². The highest BCUT2D eigenvalue weighted by Gasteiger charge is 2.30. The van der Waals surface area contributed by atoms with E-state index in [0.29, 0.717) is 5.69 Å². The molecule has 3 N–H and O–H groups in total. The lowest BCUT2D eigenvalue weighted by Gasteiger charge is -2.08. The molecule has 1 saturated carbocycles. The molecule has 1 aliphatic carbocycles. The molecule has 2 aliphatic rings. The molecule has 0 aromatic heterocycles. The number of para-hydroxylation sites is 1. The summed E-state index contributed by atoms with van der Waals surface area (Å²) in [6.45, 7) is 2.62. The van der Waals surface area contributed by atoms with Gasteiger partial charge in [0, 0.05) is 5.56 Å². The van der Waals surface area contributed by atoms with Gasteiger partial charge >= 0.3 is 6.09 Å². The van der Waals surface area contributed by atoms with E-state index in [2.05, 4.69) is 10.6 Å². The topological polar surface area (TPSA) is 61.4 Å². The molecule has 1 saturated heterocycles. The summed E-state index contributed by atoms with van der Waals surface area (Å²) in [5, 5.41) is 14.5. The van der Waals surface area contributed by atoms with Crippen molar-refractivity contribution in [1.82, 2.24) is 5.32 Å². The Kier molecular flexibility index (Phi) is 5.49. The van der Waals surface area contributed by atoms with Crippen LogP contribution < -0.4 is 10.6 Å². The van der Waals surface area contributed by atoms with Crippen molar-refractivity contribution in [2.75, 3.05) is 18.4 Å². The van der Waals surface area contributed by atoms with E-state index in [4.69, 9.17) is 5.11 Å². The molecule has 2 aromatic carbocycles. The van der Waals surface area contributed by atoms with Crippen LogP contribution >= 0.6 is 0 Å². The van der Waals surface area contributed by atoms with E-state index in [0.717, 1.165) is 23.0 Å². The summed E-state index contributed by atoms with van der Waals surface area (Å²) in [5.41, 5.74) is 2.47. The zero-order chi connectivity index (χ0) is 16.8. The third-order valence-electron chi connectivity index (χ3n) is 4.88. The van der Waals surface area contributed by atoms with Gasteiger partial charge in [-0.2, -0.15) is 0 Å². The van der Waals surface area contributed by atoms with E-state index in [9.17, 15) is 4.79 Å². The molecule has 4 heteroatoms. The number of hydrogen-bond acceptors (Lipinski definition) is 2. The van der Waals surface area contributed by atoms with Crippen LogP contribution in [-0.4, -0.2) is 24.3 Å². The van der Waals surface area contributed by atoms with Crippen molar-refractivity contribution < 1.29 is 9.90 Å². The number of carbonyl (C=O) groups is 1. The molecule has 126 valence electrons. The first-order valence-electron chi connectivity index (χ1n) is 8.59. The monoisotopic (exact) mass is 324 g/mol. The van der Waals surface area contributed by atoms with E-state index in [1.807, 2.05) is 42.5 Å². The fraction of sp³-hybridized carbons (Fsp3) is 0.350. The third kappa shape index (κ3) is 4.15. The zero-order valence-electron chi connectivity index (χ0n) is 13.7. The minimum absolute atomic E-state index is 0.598. The van der Waals surface area contributed by atoms with Gasteiger partial charge < -0.3 is 10.4 Å². The lowest BCUT2D eigenvalue weighted by atomic mass is 10.0. The Hall–Kier alpha value is -2.33. The molecule has 1 amide bonds. The van der Waals surface area contributed by atoms with Gasteiger partial charge in [-0.05, 0) is 49.4 Å². The van der Waals surface area contributed by atoms with Crippen molar-refractivity contribution >= 4 is 11.8 Å². The predicted molar refractivity (Wildman–Crippen MR) is 97.2 cm³/mol. The molecular formula is C20H24N2O2. The Balaban J connectivity index is 0.000000175. The van der Waals surface area contributed by atoms with E-state index >= 15 is 0 Å². The highest BCUT2D eigenvalue weighted by molar-refractivity contribution is 5.90. The third-order valence-corrected chi connectivity index (χ3v) is 4.88. The molecule has 2 atom stereocenters. The molecule has 2 fully saturated rings. The molecule has 2 aromatic rings. The summed E-state index contributed by atoms with van der Waals surface area (Å²) >= 11 is 0. The second kappa shape index (κ2) is 7.97. The maximum atomic E-state index is 10.6. The van der Waals surface area contributed by atoms with Gasteiger partial charge in [-0.25, -0.2) is 4.79 Å². The molecule has 0 spiro atoms. The molecular weight excluding hydrogens is 300 g/mol. The highest BCUT2D eigenvalue weighted by atomic mass is 16.4. The molecule has 24 heavy (non-hydrogen) atoms. The molecule has 0 radical (unpaired) electrons. The fourth-order valence-corrected chi connectivity index (χ4v) is 3.68. The summed E-state index contributed by atoms with van der Waals surface area (Å²) in [6.07, 6.45) is 3.44. The molecule has 0 bridgehead atoms. The second-order valence-corrected chi connectivity index (χ2v) is 6.45. The molecule has 1 aliphatic heterocycles. The predicted octanol–water partition coefficient (Wildman–Crippen LogP) is 4.45. The van der Waals surface area contributed by atoms with Crippen LogP contribution in [0.1, 0.15) is 19.3 Å². The molecule has 1 heterocycles. The number of benzene rings is 2. The number of nitrogens with one attached hydrogen (secondary N) is 2. The number of hydrogen-bond donors (Lipinski definition) is 3. The van der Waals surface area contributed by atoms with Gasteiger partial charge in [-0.1, -0.05) is 55.0 Å². The maximum Gasteiger partial charge on any atom is 0.409 e. The lowest BCUT2D eigenvalue weighted by Crippen LogP contribution is -2.08. The smallest absolute Gasteiger partial charge is 0.409 e. The first kappa shape index (κ1) is 16.5. The van der Waals surface area contributed by atoms with Gasteiger partial charge in [-0.15, -0.1) is 0 Å². The van der Waals surface area contributed by atoms with Gasteiger partial charge in [0.25, 0.3) is 0 Å². The van der Waals surface area contributed by atoms with Crippen LogP contribution in [-0.2, 0) is 0 Å². The standard InChI is InChI=1S/C13H11NO2.C7H13N/c15-13(16)14-12-9-5-4-8-11(12)10-6-2-1-3-7-10;1-2-6-4-8-5-7(6)3-1/h1-9,14H,(H,15,16);6-8H,1-5H2/t;6-,7+. The van der Waals surface area contributed by atoms with Gasteiger partial charge in [-0.3, -0.25) is 5.32 Å². The first-order valence-corrected chi connectivity index (χ1v) is 8.59. The van der Waals surface area contributed by atoms with Crippen molar-refractivity contribution in [2.24, 2.45) is 11.8 Å². The largest absolute Gasteiger partial charge is 0.465 e. The first-order chi connectivity index (χ1) is 11.7. The van der Waals surface area contributed by atoms with E-state index < -0.39 is 6.09 Å². The van der Waals surface area contributed by atoms with Crippen molar-refractivity contribution in [1.29, 1.82) is 0 Å². The Labute approximate surface area is 142 Å². The molecule has 4 nitrogen and oxygen atoms in total. The SMILES string of the molecule is C1C[C@@H]2CNC[C@@H]2C1.O=C(O)Nc1ccccc1-c1ccccc1. The van der Waals surface area contributed by atoms with Crippen LogP contribution in [0, 0.1) is 11.8 Å². The Morgan fingerprint density at radius 2 is 1.58 bits per heavy atom. The van der Waals surface area contributed by atoms with Crippen molar-refractivity contribution in [3.05, 3.63) is 54.6 Å². The van der Waals surface area contributed by atoms with E-state index in [1.165, 1.54) is 32.4 Å². The van der Waals surface area contributed by atoms with Crippen molar-refractivity contribution in [2.45, 2.75) is 19.3 Å². The van der Waals surface area contributed by atoms with E-state index in [-0.39, 0.29) is 0 Å². The number of amides is 1. The number of fused-ring (bicyclic) bond motifs is 1. The summed E-state index contributed by atoms with van der Waals surface area (Å²) in [7, 11) is 0. The van der Waals surface area contributed by atoms with Gasteiger partial charge in [0.1, 0.15) is 0 Å². The second-order valence-electron chi connectivity index (χ2n) is 6.45. The van der Waals surface area contributed by atoms with Gasteiger partial charge in [0.15, 0.2) is 0 Å². The van der Waals surface area contributed by atoms with Crippen LogP contribution in [0.3, 0.4) is 0 Å². The minimum Gasteiger partial charge on any atom is -0.465 e. The summed E-state index contributed by atoms with van der Waals surface area (Å²) in [4.78, 5) is 10.6. The Morgan fingerprint density at radius 1 is 0.958 bits per heavy atom. The van der Waals surface area contributed by atoms with Crippen molar-refractivity contribution in [3.8, 4) is 11.1 Å². The Morgan fingerprint density at radius 3 is 2.25 bits per heavy atom. The van der Waals surface area contributed by atoms with Gasteiger partial charge in [0.2, 0.25) is 0 Å². The fourth-order valence-electron chi connectivity index (χ4n) is 3.68. The maximum absolute atomic E-state index is 10.6. The van der Waals surface area contributed by atoms with Crippen LogP contribution in [0.4, 0.5) is 10.5 Å². The average Bonchev–Trinajstić information content (AvgIpc) is 3.21. The normalized spacial score (nSPS) is 21.5. The van der Waals surface area contributed by atoms with Crippen LogP contribution in [0.5, 0.6) is 0 Å². The number of anilines is 1. The zero-order valence-corrected chi connectivity index (χ0v) is 13.7. The summed E-state index contributed by atoms with van der Waals surface area (Å²) in [6, 6.07) is 17.0. The minimum atomic E-state index is -1.05. The number of carboxylic acid groups (broad SMARTS) is 1.